The van der Waals surface area contributed by atoms with E-state index in [9.17, 15) is 0 Å². The van der Waals surface area contributed by atoms with E-state index in [-0.39, 0.29) is 6.04 Å². The van der Waals surface area contributed by atoms with Gasteiger partial charge in [0.05, 0.1) is 6.04 Å². The molecule has 0 bridgehead atoms. The van der Waals surface area contributed by atoms with Crippen molar-refractivity contribution in [1.82, 2.24) is 5.32 Å². The van der Waals surface area contributed by atoms with Crippen LogP contribution in [0.2, 0.25) is 0 Å². The maximum absolute atomic E-state index is 3.45. The molecule has 0 amide bonds. The van der Waals surface area contributed by atoms with Crippen LogP contribution < -0.4 is 5.32 Å². The van der Waals surface area contributed by atoms with Crippen LogP contribution in [0.1, 0.15) is 43.5 Å². The summed E-state index contributed by atoms with van der Waals surface area (Å²) in [5.41, 5.74) is 6.55. The van der Waals surface area contributed by atoms with Crippen molar-refractivity contribution in [3.8, 4) is 11.1 Å². The lowest BCUT2D eigenvalue weighted by atomic mass is 9.92. The van der Waals surface area contributed by atoms with Gasteiger partial charge in [-0.1, -0.05) is 74.5 Å². The van der Waals surface area contributed by atoms with Gasteiger partial charge in [-0.15, -0.1) is 0 Å². The Hall–Kier alpha value is -2.54. The Kier molecular flexibility index (Phi) is 5.55. The molecule has 1 atom stereocenters. The number of allylic oxidation sites excluding steroid dienone is 3. The molecule has 2 aromatic carbocycles. The quantitative estimate of drug-likeness (QED) is 0.679. The first-order valence-electron chi connectivity index (χ1n) is 9.12. The SMILES string of the molecule is C/C=C\c1ccc(-c2cccc(CC(C)C)c2)cc1C1C=CC=CN1. The van der Waals surface area contributed by atoms with Gasteiger partial charge in [0.1, 0.15) is 0 Å². The summed E-state index contributed by atoms with van der Waals surface area (Å²) in [6, 6.07) is 16.0. The molecular weight excluding hydrogens is 302 g/mol. The van der Waals surface area contributed by atoms with Crippen molar-refractivity contribution in [2.45, 2.75) is 33.2 Å². The van der Waals surface area contributed by atoms with E-state index < -0.39 is 0 Å². The fourth-order valence-electron chi connectivity index (χ4n) is 3.34. The monoisotopic (exact) mass is 329 g/mol. The number of dihydropyridines is 1. The molecule has 1 heteroatoms. The average Bonchev–Trinajstić information content (AvgIpc) is 2.63. The Balaban J connectivity index is 2.00. The molecule has 3 rings (SSSR count). The number of benzene rings is 2. The lowest BCUT2D eigenvalue weighted by Crippen LogP contribution is -2.16. The molecule has 1 nitrogen and oxygen atoms in total. The Morgan fingerprint density at radius 3 is 2.60 bits per heavy atom. The summed E-state index contributed by atoms with van der Waals surface area (Å²) in [5.74, 6) is 0.672. The van der Waals surface area contributed by atoms with Gasteiger partial charge in [0, 0.05) is 0 Å². The van der Waals surface area contributed by atoms with Crippen LogP contribution in [0.15, 0.2) is 73.0 Å². The molecule has 128 valence electrons. The first kappa shape index (κ1) is 17.3. The fourth-order valence-corrected chi connectivity index (χ4v) is 3.34. The maximum Gasteiger partial charge on any atom is 0.0701 e. The van der Waals surface area contributed by atoms with Gasteiger partial charge in [0.2, 0.25) is 0 Å². The van der Waals surface area contributed by atoms with Crippen molar-refractivity contribution in [3.63, 3.8) is 0 Å². The first-order valence-corrected chi connectivity index (χ1v) is 9.12. The van der Waals surface area contributed by atoms with Crippen LogP contribution in [0.25, 0.3) is 17.2 Å². The normalized spacial score (nSPS) is 16.6. The van der Waals surface area contributed by atoms with E-state index >= 15 is 0 Å². The molecule has 2 aromatic rings. The fraction of sp³-hybridized carbons (Fsp3) is 0.250. The summed E-state index contributed by atoms with van der Waals surface area (Å²) in [5, 5.41) is 3.45. The van der Waals surface area contributed by atoms with Crippen LogP contribution in [0.3, 0.4) is 0 Å². The Morgan fingerprint density at radius 1 is 1.04 bits per heavy atom. The predicted molar refractivity (Wildman–Crippen MR) is 109 cm³/mol. The van der Waals surface area contributed by atoms with Crippen molar-refractivity contribution in [2.24, 2.45) is 5.92 Å². The van der Waals surface area contributed by atoms with E-state index in [1.54, 1.807) is 0 Å². The lowest BCUT2D eigenvalue weighted by molar-refractivity contribution is 0.647. The number of hydrogen-bond acceptors (Lipinski definition) is 1. The Labute approximate surface area is 151 Å². The molecule has 0 aliphatic carbocycles. The van der Waals surface area contributed by atoms with Crippen molar-refractivity contribution >= 4 is 6.08 Å². The van der Waals surface area contributed by atoms with E-state index in [2.05, 4.69) is 92.9 Å². The van der Waals surface area contributed by atoms with E-state index in [0.717, 1.165) is 6.42 Å². The molecule has 0 aromatic heterocycles. The average molecular weight is 329 g/mol. The van der Waals surface area contributed by atoms with Gasteiger partial charge >= 0.3 is 0 Å². The molecular formula is C24H27N. The topological polar surface area (TPSA) is 12.0 Å². The summed E-state index contributed by atoms with van der Waals surface area (Å²) in [6.45, 7) is 6.60. The largest absolute Gasteiger partial charge is 0.381 e. The summed E-state index contributed by atoms with van der Waals surface area (Å²) in [4.78, 5) is 0. The molecule has 1 aliphatic heterocycles. The third-order valence-electron chi connectivity index (χ3n) is 4.46. The second-order valence-electron chi connectivity index (χ2n) is 7.03. The van der Waals surface area contributed by atoms with E-state index in [0.29, 0.717) is 5.92 Å². The van der Waals surface area contributed by atoms with Crippen molar-refractivity contribution < 1.29 is 0 Å². The van der Waals surface area contributed by atoms with Gasteiger partial charge in [-0.2, -0.15) is 0 Å². The van der Waals surface area contributed by atoms with Crippen molar-refractivity contribution in [2.75, 3.05) is 0 Å². The zero-order valence-corrected chi connectivity index (χ0v) is 15.4. The highest BCUT2D eigenvalue weighted by Gasteiger charge is 2.13. The third-order valence-corrected chi connectivity index (χ3v) is 4.46. The minimum Gasteiger partial charge on any atom is -0.381 e. The molecule has 1 aliphatic rings. The van der Waals surface area contributed by atoms with Gasteiger partial charge < -0.3 is 5.32 Å². The molecule has 25 heavy (non-hydrogen) atoms. The summed E-state index contributed by atoms with van der Waals surface area (Å²) < 4.78 is 0. The van der Waals surface area contributed by atoms with Crippen LogP contribution in [-0.2, 0) is 6.42 Å². The molecule has 1 heterocycles. The minimum atomic E-state index is 0.218. The second-order valence-corrected chi connectivity index (χ2v) is 7.03. The van der Waals surface area contributed by atoms with E-state index in [1.165, 1.54) is 27.8 Å². The third kappa shape index (κ3) is 4.30. The molecule has 0 saturated heterocycles. The lowest BCUT2D eigenvalue weighted by Gasteiger charge is -2.20. The Bertz CT molecular complexity index is 809. The first-order chi connectivity index (χ1) is 12.2. The highest BCUT2D eigenvalue weighted by molar-refractivity contribution is 5.69. The van der Waals surface area contributed by atoms with Crippen molar-refractivity contribution in [1.29, 1.82) is 0 Å². The van der Waals surface area contributed by atoms with Gasteiger partial charge in [-0.3, -0.25) is 0 Å². The summed E-state index contributed by atoms with van der Waals surface area (Å²) >= 11 is 0. The number of nitrogens with one attached hydrogen (secondary N) is 1. The van der Waals surface area contributed by atoms with Gasteiger partial charge in [0.25, 0.3) is 0 Å². The zero-order valence-electron chi connectivity index (χ0n) is 15.4. The summed E-state index contributed by atoms with van der Waals surface area (Å²) in [6.07, 6.45) is 13.8. The van der Waals surface area contributed by atoms with E-state index in [4.69, 9.17) is 0 Å². The molecule has 0 spiro atoms. The highest BCUT2D eigenvalue weighted by Crippen LogP contribution is 2.29. The van der Waals surface area contributed by atoms with Crippen LogP contribution in [0.4, 0.5) is 0 Å². The van der Waals surface area contributed by atoms with Crippen LogP contribution in [-0.4, -0.2) is 0 Å². The molecule has 1 unspecified atom stereocenters. The summed E-state index contributed by atoms with van der Waals surface area (Å²) in [7, 11) is 0. The number of rotatable bonds is 5. The zero-order chi connectivity index (χ0) is 17.6. The number of hydrogen-bond donors (Lipinski definition) is 1. The smallest absolute Gasteiger partial charge is 0.0701 e. The van der Waals surface area contributed by atoms with Crippen LogP contribution in [0, 0.1) is 5.92 Å². The Morgan fingerprint density at radius 2 is 1.88 bits per heavy atom. The van der Waals surface area contributed by atoms with Gasteiger partial charge in [-0.25, -0.2) is 0 Å². The second kappa shape index (κ2) is 8.02. The maximum atomic E-state index is 3.45. The highest BCUT2D eigenvalue weighted by atomic mass is 14.9. The minimum absolute atomic E-state index is 0.218. The van der Waals surface area contributed by atoms with Crippen LogP contribution in [0.5, 0.6) is 0 Å². The molecule has 0 saturated carbocycles. The van der Waals surface area contributed by atoms with Gasteiger partial charge in [0.15, 0.2) is 0 Å². The van der Waals surface area contributed by atoms with Crippen molar-refractivity contribution in [3.05, 3.63) is 89.7 Å². The molecule has 1 N–H and O–H groups in total. The van der Waals surface area contributed by atoms with Gasteiger partial charge in [-0.05, 0) is 65.4 Å². The van der Waals surface area contributed by atoms with E-state index in [1.807, 2.05) is 12.3 Å². The molecule has 0 radical (unpaired) electrons. The molecule has 0 fully saturated rings. The standard InChI is InChI=1S/C24H27N/c1-4-8-20-12-13-22(17-23(20)24-11-5-6-14-25-24)21-10-7-9-19(16-21)15-18(2)3/h4-14,16-18,24-25H,15H2,1-3H3/b8-4-. The predicted octanol–water partition coefficient (Wildman–Crippen LogP) is 6.30. The van der Waals surface area contributed by atoms with Crippen LogP contribution >= 0.6 is 0 Å².